The van der Waals surface area contributed by atoms with Crippen LogP contribution in [-0.2, 0) is 0 Å². The van der Waals surface area contributed by atoms with E-state index >= 15 is 0 Å². The van der Waals surface area contributed by atoms with Crippen molar-refractivity contribution in [2.24, 2.45) is 0 Å². The molecule has 2 aromatic carbocycles. The molecular formula is C21H25NO5. The molecule has 1 amide bonds. The predicted molar refractivity (Wildman–Crippen MR) is 102 cm³/mol. The average molecular weight is 371 g/mol. The molecule has 0 saturated carbocycles. The zero-order valence-electron chi connectivity index (χ0n) is 15.9. The first-order chi connectivity index (χ1) is 13.1. The zero-order chi connectivity index (χ0) is 19.2. The number of rotatable bonds is 7. The maximum absolute atomic E-state index is 12.4. The van der Waals surface area contributed by atoms with Crippen molar-refractivity contribution < 1.29 is 23.7 Å². The summed E-state index contributed by atoms with van der Waals surface area (Å²) in [6.45, 7) is 3.87. The van der Waals surface area contributed by atoms with E-state index in [4.69, 9.17) is 18.9 Å². The second-order valence-electron chi connectivity index (χ2n) is 6.42. The molecule has 1 unspecified atom stereocenters. The van der Waals surface area contributed by atoms with Gasteiger partial charge in [-0.1, -0.05) is 13.0 Å². The Hall–Kier alpha value is -2.89. The fourth-order valence-electron chi connectivity index (χ4n) is 3.01. The van der Waals surface area contributed by atoms with E-state index in [9.17, 15) is 4.79 Å². The van der Waals surface area contributed by atoms with Gasteiger partial charge in [0.15, 0.2) is 23.0 Å². The molecule has 6 heteroatoms. The minimum atomic E-state index is -0.134. The van der Waals surface area contributed by atoms with Crippen molar-refractivity contribution in [2.75, 3.05) is 34.0 Å². The van der Waals surface area contributed by atoms with Crippen LogP contribution in [0.25, 0.3) is 0 Å². The number of benzene rings is 2. The predicted octanol–water partition coefficient (Wildman–Crippen LogP) is 3.40. The Bertz CT molecular complexity index is 805. The molecule has 1 N–H and O–H groups in total. The molecule has 1 aliphatic rings. The molecule has 2 aromatic rings. The lowest BCUT2D eigenvalue weighted by Gasteiger charge is -2.20. The van der Waals surface area contributed by atoms with E-state index < -0.39 is 0 Å². The summed E-state index contributed by atoms with van der Waals surface area (Å²) in [6.07, 6.45) is 0.818. The van der Waals surface area contributed by atoms with Crippen molar-refractivity contribution in [1.29, 1.82) is 0 Å². The van der Waals surface area contributed by atoms with Crippen LogP contribution in [0.2, 0.25) is 0 Å². The van der Waals surface area contributed by atoms with E-state index in [1.807, 2.05) is 18.2 Å². The van der Waals surface area contributed by atoms with Gasteiger partial charge in [0.25, 0.3) is 5.91 Å². The van der Waals surface area contributed by atoms with Crippen molar-refractivity contribution >= 4 is 5.91 Å². The van der Waals surface area contributed by atoms with Gasteiger partial charge in [0.2, 0.25) is 0 Å². The Morgan fingerprint density at radius 1 is 1.04 bits per heavy atom. The smallest absolute Gasteiger partial charge is 0.251 e. The molecule has 0 aromatic heterocycles. The number of hydrogen-bond acceptors (Lipinski definition) is 5. The third-order valence-corrected chi connectivity index (χ3v) is 4.64. The quantitative estimate of drug-likeness (QED) is 0.808. The summed E-state index contributed by atoms with van der Waals surface area (Å²) >= 11 is 0. The van der Waals surface area contributed by atoms with Crippen molar-refractivity contribution in [3.8, 4) is 23.0 Å². The molecule has 27 heavy (non-hydrogen) atoms. The lowest BCUT2D eigenvalue weighted by atomic mass is 9.97. The zero-order valence-corrected chi connectivity index (χ0v) is 15.9. The third-order valence-electron chi connectivity index (χ3n) is 4.64. The lowest BCUT2D eigenvalue weighted by Crippen LogP contribution is -2.25. The lowest BCUT2D eigenvalue weighted by molar-refractivity contribution is 0.0952. The molecular weight excluding hydrogens is 346 g/mol. The Morgan fingerprint density at radius 3 is 2.52 bits per heavy atom. The molecule has 3 rings (SSSR count). The van der Waals surface area contributed by atoms with Crippen LogP contribution in [0, 0.1) is 0 Å². The molecule has 1 atom stereocenters. The highest BCUT2D eigenvalue weighted by atomic mass is 16.6. The van der Waals surface area contributed by atoms with E-state index in [-0.39, 0.29) is 11.8 Å². The molecule has 0 fully saturated rings. The Labute approximate surface area is 159 Å². The Morgan fingerprint density at radius 2 is 1.78 bits per heavy atom. The minimum absolute atomic E-state index is 0.134. The summed E-state index contributed by atoms with van der Waals surface area (Å²) in [5.41, 5.74) is 1.71. The first-order valence-electron chi connectivity index (χ1n) is 9.02. The number of fused-ring (bicyclic) bond motifs is 1. The van der Waals surface area contributed by atoms with E-state index in [0.717, 1.165) is 17.9 Å². The Kier molecular flexibility index (Phi) is 6.06. The largest absolute Gasteiger partial charge is 0.493 e. The highest BCUT2D eigenvalue weighted by Gasteiger charge is 2.15. The summed E-state index contributed by atoms with van der Waals surface area (Å²) in [7, 11) is 3.12. The number of methoxy groups -OCH3 is 2. The van der Waals surface area contributed by atoms with Crippen molar-refractivity contribution in [3.63, 3.8) is 0 Å². The van der Waals surface area contributed by atoms with Crippen LogP contribution in [-0.4, -0.2) is 39.9 Å². The van der Waals surface area contributed by atoms with Gasteiger partial charge in [-0.25, -0.2) is 0 Å². The van der Waals surface area contributed by atoms with Crippen molar-refractivity contribution in [3.05, 3.63) is 47.5 Å². The van der Waals surface area contributed by atoms with Gasteiger partial charge >= 0.3 is 0 Å². The second kappa shape index (κ2) is 8.66. The van der Waals surface area contributed by atoms with Gasteiger partial charge in [0.05, 0.1) is 14.2 Å². The maximum Gasteiger partial charge on any atom is 0.251 e. The first kappa shape index (κ1) is 18.9. The summed E-state index contributed by atoms with van der Waals surface area (Å²) < 4.78 is 21.6. The monoisotopic (exact) mass is 371 g/mol. The Balaban J connectivity index is 1.55. The molecule has 1 aliphatic heterocycles. The van der Waals surface area contributed by atoms with Gasteiger partial charge in [-0.2, -0.15) is 0 Å². The topological polar surface area (TPSA) is 66.0 Å². The first-order valence-corrected chi connectivity index (χ1v) is 9.02. The van der Waals surface area contributed by atoms with Crippen LogP contribution in [0.1, 0.15) is 35.2 Å². The third kappa shape index (κ3) is 4.45. The molecule has 6 nitrogen and oxygen atoms in total. The second-order valence-corrected chi connectivity index (χ2v) is 6.42. The number of hydrogen-bond donors (Lipinski definition) is 1. The maximum atomic E-state index is 12.4. The summed E-state index contributed by atoms with van der Waals surface area (Å²) in [5.74, 6) is 2.87. The van der Waals surface area contributed by atoms with Crippen LogP contribution in [0.5, 0.6) is 23.0 Å². The molecule has 1 heterocycles. The van der Waals surface area contributed by atoms with Gasteiger partial charge in [-0.05, 0) is 48.2 Å². The van der Waals surface area contributed by atoms with Crippen LogP contribution < -0.4 is 24.3 Å². The van der Waals surface area contributed by atoms with Gasteiger partial charge in [-0.15, -0.1) is 0 Å². The van der Waals surface area contributed by atoms with Gasteiger partial charge in [0, 0.05) is 12.1 Å². The summed E-state index contributed by atoms with van der Waals surface area (Å²) in [6, 6.07) is 11.1. The van der Waals surface area contributed by atoms with E-state index in [1.54, 1.807) is 32.4 Å². The molecule has 144 valence electrons. The van der Waals surface area contributed by atoms with E-state index in [0.29, 0.717) is 36.8 Å². The number of ether oxygens (including phenoxy) is 4. The molecule has 0 spiro atoms. The van der Waals surface area contributed by atoms with E-state index in [1.165, 1.54) is 5.56 Å². The van der Waals surface area contributed by atoms with Crippen LogP contribution >= 0.6 is 0 Å². The number of amides is 1. The average Bonchev–Trinajstić information content (AvgIpc) is 2.72. The van der Waals surface area contributed by atoms with E-state index in [2.05, 4.69) is 12.2 Å². The van der Waals surface area contributed by atoms with Crippen molar-refractivity contribution in [2.45, 2.75) is 19.3 Å². The van der Waals surface area contributed by atoms with Gasteiger partial charge < -0.3 is 24.3 Å². The SMILES string of the molecule is COc1ccc(C(=O)NCCC(C)c2ccc3c(c2)OCCO3)cc1OC. The summed E-state index contributed by atoms with van der Waals surface area (Å²) in [5, 5.41) is 2.96. The normalized spacial score (nSPS) is 13.6. The van der Waals surface area contributed by atoms with Gasteiger partial charge in [-0.3, -0.25) is 4.79 Å². The summed E-state index contributed by atoms with van der Waals surface area (Å²) in [4.78, 5) is 12.4. The van der Waals surface area contributed by atoms with Crippen LogP contribution in [0.15, 0.2) is 36.4 Å². The van der Waals surface area contributed by atoms with Crippen LogP contribution in [0.4, 0.5) is 0 Å². The highest BCUT2D eigenvalue weighted by molar-refractivity contribution is 5.94. The number of carbonyl (C=O) groups is 1. The van der Waals surface area contributed by atoms with Crippen molar-refractivity contribution in [1.82, 2.24) is 5.32 Å². The fourth-order valence-corrected chi connectivity index (χ4v) is 3.01. The van der Waals surface area contributed by atoms with Crippen LogP contribution in [0.3, 0.4) is 0 Å². The minimum Gasteiger partial charge on any atom is -0.493 e. The highest BCUT2D eigenvalue weighted by Crippen LogP contribution is 2.33. The number of carbonyl (C=O) groups excluding carboxylic acids is 1. The molecule has 0 bridgehead atoms. The fraction of sp³-hybridized carbons (Fsp3) is 0.381. The standard InChI is InChI=1S/C21H25NO5/c1-14(15-4-7-18-20(12-15)27-11-10-26-18)8-9-22-21(23)16-5-6-17(24-2)19(13-16)25-3/h4-7,12-14H,8-11H2,1-3H3,(H,22,23). The molecule has 0 saturated heterocycles. The molecule has 0 radical (unpaired) electrons. The van der Waals surface area contributed by atoms with Gasteiger partial charge in [0.1, 0.15) is 13.2 Å². The number of nitrogens with one attached hydrogen (secondary N) is 1. The molecule has 0 aliphatic carbocycles.